The molecule has 178 valence electrons. The van der Waals surface area contributed by atoms with Crippen molar-refractivity contribution in [3.05, 3.63) is 57.6 Å². The summed E-state index contributed by atoms with van der Waals surface area (Å²) in [5.74, 6) is -1.34. The van der Waals surface area contributed by atoms with Gasteiger partial charge >= 0.3 is 6.18 Å². The van der Waals surface area contributed by atoms with Crippen LogP contribution in [-0.2, 0) is 27.4 Å². The average molecular weight is 487 g/mol. The molecular weight excluding hydrogens is 467 g/mol. The molecule has 0 spiro atoms. The number of fused-ring (bicyclic) bond motifs is 1. The number of halogens is 3. The molecule has 2 aromatic carbocycles. The maximum atomic E-state index is 13.3. The topological polar surface area (TPSA) is 110 Å². The molecule has 0 radical (unpaired) electrons. The molecule has 0 fully saturated rings. The Morgan fingerprint density at radius 3 is 2.52 bits per heavy atom. The standard InChI is InChI=1S/C20H20F3N3O6S/c1-24(2)33(30,31)15-6-7-17-13(10-15)4-3-9-25(17)19(27)12-32-18-8-5-14(26(28)29)11-16(18)20(21,22)23/h5-8,10-11H,3-4,9,12H2,1-2H3. The summed E-state index contributed by atoms with van der Waals surface area (Å²) in [6.45, 7) is -0.459. The summed E-state index contributed by atoms with van der Waals surface area (Å²) in [6, 6.07) is 6.33. The van der Waals surface area contributed by atoms with E-state index >= 15 is 0 Å². The minimum atomic E-state index is -4.92. The fourth-order valence-electron chi connectivity index (χ4n) is 3.40. The number of nitro benzene ring substituents is 1. The number of hydrogen-bond donors (Lipinski definition) is 0. The van der Waals surface area contributed by atoms with Crippen molar-refractivity contribution in [2.45, 2.75) is 23.9 Å². The predicted molar refractivity (Wildman–Crippen MR) is 112 cm³/mol. The second-order valence-electron chi connectivity index (χ2n) is 7.45. The maximum Gasteiger partial charge on any atom is 0.420 e. The first-order valence-corrected chi connectivity index (χ1v) is 11.1. The molecule has 33 heavy (non-hydrogen) atoms. The third-order valence-corrected chi connectivity index (χ3v) is 6.89. The van der Waals surface area contributed by atoms with E-state index in [1.165, 1.54) is 37.2 Å². The highest BCUT2D eigenvalue weighted by Gasteiger charge is 2.36. The zero-order valence-electron chi connectivity index (χ0n) is 17.6. The highest BCUT2D eigenvalue weighted by atomic mass is 32.2. The number of carbonyl (C=O) groups is 1. The van der Waals surface area contributed by atoms with E-state index in [1.807, 2.05) is 0 Å². The zero-order valence-corrected chi connectivity index (χ0v) is 18.4. The van der Waals surface area contributed by atoms with E-state index in [2.05, 4.69) is 0 Å². The fourth-order valence-corrected chi connectivity index (χ4v) is 4.35. The number of sulfonamides is 1. The van der Waals surface area contributed by atoms with Gasteiger partial charge in [0.25, 0.3) is 11.6 Å². The zero-order chi connectivity index (χ0) is 24.6. The van der Waals surface area contributed by atoms with Gasteiger partial charge in [-0.05, 0) is 42.7 Å². The van der Waals surface area contributed by atoms with Gasteiger partial charge in [0, 0.05) is 38.5 Å². The largest absolute Gasteiger partial charge is 0.483 e. The van der Waals surface area contributed by atoms with Crippen LogP contribution in [-0.4, -0.2) is 50.8 Å². The fraction of sp³-hybridized carbons (Fsp3) is 0.350. The van der Waals surface area contributed by atoms with Crippen molar-refractivity contribution in [3.8, 4) is 5.75 Å². The Balaban J connectivity index is 1.83. The highest BCUT2D eigenvalue weighted by molar-refractivity contribution is 7.89. The number of rotatable bonds is 6. The third kappa shape index (κ3) is 5.09. The van der Waals surface area contributed by atoms with Crippen molar-refractivity contribution < 1.29 is 36.0 Å². The van der Waals surface area contributed by atoms with Gasteiger partial charge in [-0.1, -0.05) is 0 Å². The summed E-state index contributed by atoms with van der Waals surface area (Å²) in [5.41, 5.74) is -1.05. The van der Waals surface area contributed by atoms with Crippen molar-refractivity contribution in [1.29, 1.82) is 0 Å². The van der Waals surface area contributed by atoms with Crippen molar-refractivity contribution in [2.75, 3.05) is 32.1 Å². The summed E-state index contributed by atoms with van der Waals surface area (Å²) in [5, 5.41) is 10.8. The number of anilines is 1. The molecule has 9 nitrogen and oxygen atoms in total. The normalized spacial score (nSPS) is 14.2. The van der Waals surface area contributed by atoms with E-state index in [1.54, 1.807) is 0 Å². The van der Waals surface area contributed by atoms with Crippen LogP contribution >= 0.6 is 0 Å². The lowest BCUT2D eigenvalue weighted by Gasteiger charge is -2.30. The molecule has 1 aliphatic heterocycles. The number of nitro groups is 1. The third-order valence-electron chi connectivity index (χ3n) is 5.08. The molecule has 0 atom stereocenters. The summed E-state index contributed by atoms with van der Waals surface area (Å²) >= 11 is 0. The maximum absolute atomic E-state index is 13.3. The first kappa shape index (κ1) is 24.5. The molecule has 0 bridgehead atoms. The van der Waals surface area contributed by atoms with Gasteiger partial charge in [0.1, 0.15) is 11.3 Å². The van der Waals surface area contributed by atoms with Gasteiger partial charge in [-0.2, -0.15) is 13.2 Å². The Morgan fingerprint density at radius 2 is 1.91 bits per heavy atom. The van der Waals surface area contributed by atoms with Crippen LogP contribution in [0.1, 0.15) is 17.5 Å². The van der Waals surface area contributed by atoms with Gasteiger partial charge in [0.05, 0.1) is 9.82 Å². The second-order valence-corrected chi connectivity index (χ2v) is 9.60. The SMILES string of the molecule is CN(C)S(=O)(=O)c1ccc2c(c1)CCCN2C(=O)COc1ccc([N+](=O)[O-])cc1C(F)(F)F. The van der Waals surface area contributed by atoms with Crippen molar-refractivity contribution in [2.24, 2.45) is 0 Å². The molecule has 0 N–H and O–H groups in total. The van der Waals surface area contributed by atoms with E-state index in [0.717, 1.165) is 16.4 Å². The lowest BCUT2D eigenvalue weighted by molar-refractivity contribution is -0.385. The summed E-state index contributed by atoms with van der Waals surface area (Å²) in [7, 11) is -0.876. The van der Waals surface area contributed by atoms with Crippen molar-refractivity contribution in [1.82, 2.24) is 4.31 Å². The van der Waals surface area contributed by atoms with Gasteiger partial charge in [-0.25, -0.2) is 12.7 Å². The minimum Gasteiger partial charge on any atom is -0.483 e. The summed E-state index contributed by atoms with van der Waals surface area (Å²) in [6.07, 6.45) is -3.87. The molecule has 2 aromatic rings. The molecule has 13 heteroatoms. The highest BCUT2D eigenvalue weighted by Crippen LogP contribution is 2.38. The smallest absolute Gasteiger partial charge is 0.420 e. The number of aryl methyl sites for hydroxylation is 1. The minimum absolute atomic E-state index is 0.0671. The van der Waals surface area contributed by atoms with E-state index in [9.17, 15) is 36.5 Å². The molecule has 0 aliphatic carbocycles. The number of nitrogens with zero attached hydrogens (tertiary/aromatic N) is 3. The number of benzene rings is 2. The second kappa shape index (κ2) is 8.98. The van der Waals surface area contributed by atoms with Crippen LogP contribution < -0.4 is 9.64 Å². The molecule has 0 saturated heterocycles. The molecule has 1 aliphatic rings. The molecule has 0 unspecified atom stereocenters. The molecule has 1 heterocycles. The Bertz CT molecular complexity index is 1200. The van der Waals surface area contributed by atoms with Gasteiger partial charge < -0.3 is 9.64 Å². The Labute approximate surface area is 187 Å². The number of alkyl halides is 3. The first-order chi connectivity index (χ1) is 15.3. The van der Waals surface area contributed by atoms with Crippen LogP contribution in [0.2, 0.25) is 0 Å². The number of ether oxygens (including phenoxy) is 1. The van der Waals surface area contributed by atoms with Gasteiger partial charge in [-0.15, -0.1) is 0 Å². The number of non-ortho nitro benzene ring substituents is 1. The van der Waals surface area contributed by atoms with E-state index in [-0.39, 0.29) is 11.4 Å². The Hall–Kier alpha value is -3.19. The number of amides is 1. The van der Waals surface area contributed by atoms with Crippen LogP contribution in [0.3, 0.4) is 0 Å². The van der Waals surface area contributed by atoms with Crippen molar-refractivity contribution in [3.63, 3.8) is 0 Å². The Morgan fingerprint density at radius 1 is 1.21 bits per heavy atom. The summed E-state index contributed by atoms with van der Waals surface area (Å²) < 4.78 is 70.8. The number of carbonyl (C=O) groups excluding carboxylic acids is 1. The van der Waals surface area contributed by atoms with Crippen LogP contribution in [0.5, 0.6) is 5.75 Å². The molecule has 1 amide bonds. The molecule has 3 rings (SSSR count). The molecule has 0 aromatic heterocycles. The van der Waals surface area contributed by atoms with Crippen LogP contribution in [0.15, 0.2) is 41.3 Å². The molecular formula is C20H20F3N3O6S. The first-order valence-electron chi connectivity index (χ1n) is 9.66. The Kier molecular flexibility index (Phi) is 6.65. The summed E-state index contributed by atoms with van der Waals surface area (Å²) in [4.78, 5) is 24.0. The predicted octanol–water partition coefficient (Wildman–Crippen LogP) is 3.22. The van der Waals surface area contributed by atoms with Gasteiger partial charge in [-0.3, -0.25) is 14.9 Å². The van der Waals surface area contributed by atoms with Crippen LogP contribution in [0, 0.1) is 10.1 Å². The monoisotopic (exact) mass is 487 g/mol. The van der Waals surface area contributed by atoms with Gasteiger partial charge in [0.2, 0.25) is 10.0 Å². The van der Waals surface area contributed by atoms with Crippen LogP contribution in [0.25, 0.3) is 0 Å². The van der Waals surface area contributed by atoms with E-state index in [4.69, 9.17) is 4.74 Å². The lowest BCUT2D eigenvalue weighted by Crippen LogP contribution is -2.39. The van der Waals surface area contributed by atoms with Gasteiger partial charge in [0.15, 0.2) is 6.61 Å². The van der Waals surface area contributed by atoms with Crippen LogP contribution in [0.4, 0.5) is 24.5 Å². The number of hydrogen-bond acceptors (Lipinski definition) is 6. The average Bonchev–Trinajstić information content (AvgIpc) is 2.75. The lowest BCUT2D eigenvalue weighted by atomic mass is 10.0. The van der Waals surface area contributed by atoms with E-state index in [0.29, 0.717) is 30.2 Å². The van der Waals surface area contributed by atoms with Crippen molar-refractivity contribution >= 4 is 27.3 Å². The quantitative estimate of drug-likeness (QED) is 0.457. The van der Waals surface area contributed by atoms with E-state index < -0.39 is 50.6 Å². The molecule has 0 saturated carbocycles.